The quantitative estimate of drug-likeness (QED) is 0.517. The molecule has 0 bridgehead atoms. The maximum atomic E-state index is 6.08. The number of aromatic nitrogens is 4. The van der Waals surface area contributed by atoms with E-state index in [-0.39, 0.29) is 16.0 Å². The van der Waals surface area contributed by atoms with Gasteiger partial charge in [-0.05, 0) is 35.9 Å². The molecule has 8 heteroatoms. The second-order valence-electron chi connectivity index (χ2n) is 7.23. The molecule has 0 atom stereocenters. The fourth-order valence-corrected chi connectivity index (χ4v) is 3.60. The topological polar surface area (TPSA) is 106 Å². The Morgan fingerprint density at radius 2 is 1.73 bits per heavy atom. The van der Waals surface area contributed by atoms with E-state index >= 15 is 0 Å². The van der Waals surface area contributed by atoms with E-state index in [2.05, 4.69) is 42.5 Å². The normalized spacial score (nSPS) is 12.9. The van der Waals surface area contributed by atoms with Gasteiger partial charge in [0.15, 0.2) is 11.5 Å². The highest BCUT2D eigenvalue weighted by molar-refractivity contribution is 5.66. The Bertz CT molecular complexity index is 1180. The maximum absolute atomic E-state index is 6.08. The van der Waals surface area contributed by atoms with Gasteiger partial charge in [0.25, 0.3) is 5.89 Å². The van der Waals surface area contributed by atoms with Crippen LogP contribution in [0.4, 0.5) is 11.6 Å². The number of anilines is 2. The molecular formula is C22H27N7O. The molecule has 0 saturated heterocycles. The number of hydrogen-bond donors (Lipinski definition) is 2. The number of rotatable bonds is 5. The summed E-state index contributed by atoms with van der Waals surface area (Å²) in [5.74, 6) is 1.66. The lowest BCUT2D eigenvalue weighted by Crippen LogP contribution is -2.17. The van der Waals surface area contributed by atoms with Crippen LogP contribution in [0.15, 0.2) is 59.1 Å². The van der Waals surface area contributed by atoms with Gasteiger partial charge in [-0.3, -0.25) is 0 Å². The fraction of sp³-hybridized carbons (Fsp3) is 0.182. The van der Waals surface area contributed by atoms with Gasteiger partial charge in [0, 0.05) is 29.5 Å². The van der Waals surface area contributed by atoms with Gasteiger partial charge < -0.3 is 20.4 Å². The smallest absolute Gasteiger partial charge is 0.270 e. The molecule has 0 unspecified atom stereocenters. The molecule has 5 rings (SSSR count). The van der Waals surface area contributed by atoms with Crippen LogP contribution >= 0.6 is 0 Å². The number of fused-ring (bicyclic) bond motifs is 1. The van der Waals surface area contributed by atoms with E-state index in [0.29, 0.717) is 11.6 Å². The highest BCUT2D eigenvalue weighted by Gasteiger charge is 2.22. The van der Waals surface area contributed by atoms with Gasteiger partial charge >= 0.3 is 0 Å². The Kier molecular flexibility index (Phi) is 4.61. The molecule has 2 aromatic carbocycles. The summed E-state index contributed by atoms with van der Waals surface area (Å²) in [7, 11) is 1.92. The first-order valence-electron chi connectivity index (χ1n) is 9.73. The van der Waals surface area contributed by atoms with Gasteiger partial charge in [-0.1, -0.05) is 36.4 Å². The van der Waals surface area contributed by atoms with Crippen molar-refractivity contribution in [2.45, 2.75) is 19.6 Å². The summed E-state index contributed by atoms with van der Waals surface area (Å²) in [6.07, 6.45) is 1.68. The number of benzene rings is 2. The van der Waals surface area contributed by atoms with Crippen molar-refractivity contribution in [1.82, 2.24) is 25.5 Å². The monoisotopic (exact) mass is 405 g/mol. The predicted molar refractivity (Wildman–Crippen MR) is 121 cm³/mol. The summed E-state index contributed by atoms with van der Waals surface area (Å²) in [5, 5.41) is 11.5. The second-order valence-corrected chi connectivity index (χ2v) is 7.23. The van der Waals surface area contributed by atoms with Gasteiger partial charge in [-0.15, -0.1) is 10.2 Å². The molecular weight excluding hydrogens is 378 g/mol. The highest BCUT2D eigenvalue weighted by Crippen LogP contribution is 2.30. The number of hydrogen-bond acceptors (Lipinski definition) is 8. The van der Waals surface area contributed by atoms with Crippen LogP contribution in [0.1, 0.15) is 21.0 Å². The van der Waals surface area contributed by atoms with Crippen molar-refractivity contribution in [2.24, 2.45) is 0 Å². The Morgan fingerprint density at radius 1 is 1.03 bits per heavy atom. The maximum Gasteiger partial charge on any atom is 0.270 e. The first-order chi connectivity index (χ1) is 14.7. The lowest BCUT2D eigenvalue weighted by molar-refractivity contribution is 0.582. The molecule has 4 aromatic rings. The van der Waals surface area contributed by atoms with Gasteiger partial charge in [-0.2, -0.15) is 0 Å². The first kappa shape index (κ1) is 18.3. The SMILES string of the molecule is CNCc1ccc(-c2nnc(-c3nc(N4Cc5ccccc5C4)cnc3N)o2)cc1.[HH].[HH].[HH]. The minimum absolute atomic E-state index is 0. The molecule has 30 heavy (non-hydrogen) atoms. The average molecular weight is 406 g/mol. The molecule has 3 heterocycles. The lowest BCUT2D eigenvalue weighted by Gasteiger charge is -2.16. The molecule has 8 nitrogen and oxygen atoms in total. The molecule has 0 saturated carbocycles. The summed E-state index contributed by atoms with van der Waals surface area (Å²) in [6.45, 7) is 2.36. The third-order valence-corrected chi connectivity index (χ3v) is 5.16. The summed E-state index contributed by atoms with van der Waals surface area (Å²) in [5.41, 5.74) is 11.1. The fourth-order valence-electron chi connectivity index (χ4n) is 3.60. The van der Waals surface area contributed by atoms with Crippen LogP contribution in [0.3, 0.4) is 0 Å². The van der Waals surface area contributed by atoms with Crippen molar-refractivity contribution in [1.29, 1.82) is 0 Å². The lowest BCUT2D eigenvalue weighted by atomic mass is 10.1. The van der Waals surface area contributed by atoms with Crippen LogP contribution < -0.4 is 16.0 Å². The summed E-state index contributed by atoms with van der Waals surface area (Å²) < 4.78 is 5.88. The van der Waals surface area contributed by atoms with Crippen LogP contribution in [0.25, 0.3) is 23.0 Å². The van der Waals surface area contributed by atoms with Crippen molar-refractivity contribution < 1.29 is 8.70 Å². The minimum Gasteiger partial charge on any atom is -0.414 e. The van der Waals surface area contributed by atoms with Gasteiger partial charge in [0.2, 0.25) is 5.89 Å². The summed E-state index contributed by atoms with van der Waals surface area (Å²) in [6, 6.07) is 16.3. The van der Waals surface area contributed by atoms with Crippen molar-refractivity contribution >= 4 is 11.6 Å². The third kappa shape index (κ3) is 3.37. The molecule has 0 radical (unpaired) electrons. The van der Waals surface area contributed by atoms with E-state index in [4.69, 9.17) is 10.2 Å². The van der Waals surface area contributed by atoms with Gasteiger partial charge in [-0.25, -0.2) is 9.97 Å². The standard InChI is InChI=1S/C22H21N7O.3H2/c1-24-10-14-6-8-15(9-7-14)21-27-28-22(30-21)19-20(23)25-11-18(26-19)29-12-16-4-2-3-5-17(16)13-29;;;/h2-9,11,24H,10,12-13H2,1H3,(H2,23,25);3*1H. The molecule has 0 spiro atoms. The van der Waals surface area contributed by atoms with E-state index in [1.54, 1.807) is 6.20 Å². The zero-order valence-electron chi connectivity index (χ0n) is 16.5. The Labute approximate surface area is 178 Å². The number of nitrogens with one attached hydrogen (secondary N) is 1. The van der Waals surface area contributed by atoms with Crippen LogP contribution in [0, 0.1) is 0 Å². The van der Waals surface area contributed by atoms with E-state index in [1.165, 1.54) is 16.7 Å². The Balaban J connectivity index is 0.00000128. The zero-order chi connectivity index (χ0) is 20.5. The highest BCUT2D eigenvalue weighted by atomic mass is 16.4. The van der Waals surface area contributed by atoms with E-state index in [9.17, 15) is 0 Å². The third-order valence-electron chi connectivity index (χ3n) is 5.16. The van der Waals surface area contributed by atoms with Crippen molar-refractivity contribution in [3.05, 3.63) is 71.4 Å². The average Bonchev–Trinajstić information content (AvgIpc) is 3.42. The Morgan fingerprint density at radius 3 is 2.43 bits per heavy atom. The molecule has 156 valence electrons. The number of nitrogens with zero attached hydrogens (tertiary/aromatic N) is 5. The molecule has 3 N–H and O–H groups in total. The number of nitrogen functional groups attached to an aromatic ring is 1. The predicted octanol–water partition coefficient (Wildman–Crippen LogP) is 3.75. The number of nitrogens with two attached hydrogens (primary N) is 1. The van der Waals surface area contributed by atoms with Crippen molar-refractivity contribution in [2.75, 3.05) is 17.7 Å². The molecule has 1 aliphatic rings. The molecule has 1 aliphatic heterocycles. The summed E-state index contributed by atoms with van der Waals surface area (Å²) in [4.78, 5) is 11.2. The van der Waals surface area contributed by atoms with Crippen LogP contribution in [-0.4, -0.2) is 27.2 Å². The van der Waals surface area contributed by atoms with E-state index < -0.39 is 0 Å². The first-order valence-corrected chi connectivity index (χ1v) is 9.73. The van der Waals surface area contributed by atoms with E-state index in [1.807, 2.05) is 43.4 Å². The van der Waals surface area contributed by atoms with Crippen molar-refractivity contribution in [3.63, 3.8) is 0 Å². The van der Waals surface area contributed by atoms with E-state index in [0.717, 1.165) is 31.0 Å². The molecule has 0 fully saturated rings. The van der Waals surface area contributed by atoms with Crippen LogP contribution in [-0.2, 0) is 19.6 Å². The van der Waals surface area contributed by atoms with Gasteiger partial charge in [0.05, 0.1) is 6.20 Å². The molecule has 2 aromatic heterocycles. The Hall–Kier alpha value is -3.78. The van der Waals surface area contributed by atoms with Crippen molar-refractivity contribution in [3.8, 4) is 23.0 Å². The molecule has 0 aliphatic carbocycles. The zero-order valence-corrected chi connectivity index (χ0v) is 16.5. The van der Waals surface area contributed by atoms with Crippen LogP contribution in [0.2, 0.25) is 0 Å². The van der Waals surface area contributed by atoms with Gasteiger partial charge in [0.1, 0.15) is 5.82 Å². The summed E-state index contributed by atoms with van der Waals surface area (Å²) >= 11 is 0. The van der Waals surface area contributed by atoms with Crippen LogP contribution in [0.5, 0.6) is 0 Å². The second kappa shape index (κ2) is 7.57. The minimum atomic E-state index is 0. The molecule has 0 amide bonds. The largest absolute Gasteiger partial charge is 0.414 e.